The van der Waals surface area contributed by atoms with Gasteiger partial charge >= 0.3 is 0 Å². The lowest BCUT2D eigenvalue weighted by molar-refractivity contribution is 0.335. The number of hydrogen-bond donors (Lipinski definition) is 1. The molecule has 17 heavy (non-hydrogen) atoms. The topological polar surface area (TPSA) is 35.2 Å². The van der Waals surface area contributed by atoms with Gasteiger partial charge in [0, 0.05) is 6.04 Å². The van der Waals surface area contributed by atoms with Gasteiger partial charge in [0.05, 0.1) is 6.61 Å². The molecule has 0 fully saturated rings. The Morgan fingerprint density at radius 2 is 2.00 bits per heavy atom. The molecule has 0 heterocycles. The van der Waals surface area contributed by atoms with E-state index < -0.39 is 0 Å². The first kappa shape index (κ1) is 14.0. The highest BCUT2D eigenvalue weighted by molar-refractivity contribution is 5.38. The highest BCUT2D eigenvalue weighted by atomic mass is 16.5. The molecule has 0 aromatic heterocycles. The van der Waals surface area contributed by atoms with Crippen LogP contribution in [0.1, 0.15) is 44.7 Å². The maximum Gasteiger partial charge on any atom is 0.122 e. The van der Waals surface area contributed by atoms with Gasteiger partial charge in [-0.25, -0.2) is 0 Å². The monoisotopic (exact) mass is 235 g/mol. The molecule has 1 rings (SSSR count). The van der Waals surface area contributed by atoms with Crippen LogP contribution in [0.3, 0.4) is 0 Å². The van der Waals surface area contributed by atoms with Crippen LogP contribution in [0, 0.1) is 0 Å². The van der Waals surface area contributed by atoms with Gasteiger partial charge in [-0.15, -0.1) is 0 Å². The molecule has 2 N–H and O–H groups in total. The maximum absolute atomic E-state index is 6.04. The van der Waals surface area contributed by atoms with E-state index in [0.717, 1.165) is 25.0 Å². The van der Waals surface area contributed by atoms with Crippen LogP contribution in [0.15, 0.2) is 18.2 Å². The molecule has 0 spiro atoms. The van der Waals surface area contributed by atoms with E-state index in [1.807, 2.05) is 6.92 Å². The molecule has 96 valence electrons. The van der Waals surface area contributed by atoms with Crippen LogP contribution in [0.4, 0.5) is 0 Å². The normalized spacial score (nSPS) is 12.5. The summed E-state index contributed by atoms with van der Waals surface area (Å²) in [7, 11) is 0. The minimum absolute atomic E-state index is 0.228. The zero-order valence-corrected chi connectivity index (χ0v) is 11.3. The van der Waals surface area contributed by atoms with E-state index in [4.69, 9.17) is 10.5 Å². The minimum Gasteiger partial charge on any atom is -0.494 e. The van der Waals surface area contributed by atoms with Crippen LogP contribution in [-0.2, 0) is 12.8 Å². The molecule has 1 atom stereocenters. The quantitative estimate of drug-likeness (QED) is 0.787. The van der Waals surface area contributed by atoms with Gasteiger partial charge in [0.15, 0.2) is 0 Å². The van der Waals surface area contributed by atoms with E-state index in [0.29, 0.717) is 6.61 Å². The molecular formula is C15H25NO. The molecule has 2 nitrogen and oxygen atoms in total. The second kappa shape index (κ2) is 7.33. The summed E-state index contributed by atoms with van der Waals surface area (Å²) in [5.41, 5.74) is 8.68. The summed E-state index contributed by atoms with van der Waals surface area (Å²) in [6, 6.07) is 6.73. The van der Waals surface area contributed by atoms with E-state index in [2.05, 4.69) is 32.0 Å². The second-order valence-electron chi connectivity index (χ2n) is 4.50. The molecule has 0 aliphatic carbocycles. The third kappa shape index (κ3) is 4.39. The number of rotatable bonds is 7. The van der Waals surface area contributed by atoms with Crippen molar-refractivity contribution < 1.29 is 4.74 Å². The second-order valence-corrected chi connectivity index (χ2v) is 4.50. The molecule has 1 aromatic rings. The fourth-order valence-electron chi connectivity index (χ4n) is 1.96. The first-order chi connectivity index (χ1) is 8.21. The first-order valence-electron chi connectivity index (χ1n) is 6.71. The lowest BCUT2D eigenvalue weighted by atomic mass is 9.99. The maximum atomic E-state index is 6.04. The van der Waals surface area contributed by atoms with Crippen LogP contribution < -0.4 is 10.5 Å². The molecule has 2 heteroatoms. The van der Waals surface area contributed by atoms with Gasteiger partial charge in [-0.05, 0) is 43.4 Å². The number of ether oxygens (including phenoxy) is 1. The predicted octanol–water partition coefficient (Wildman–Crippen LogP) is 3.32. The fraction of sp³-hybridized carbons (Fsp3) is 0.600. The molecule has 0 saturated heterocycles. The van der Waals surface area contributed by atoms with E-state index in [1.165, 1.54) is 17.5 Å². The summed E-state index contributed by atoms with van der Waals surface area (Å²) in [5.74, 6) is 0.997. The third-order valence-electron chi connectivity index (χ3n) is 2.97. The zero-order valence-electron chi connectivity index (χ0n) is 11.3. The van der Waals surface area contributed by atoms with Crippen LogP contribution >= 0.6 is 0 Å². The van der Waals surface area contributed by atoms with Crippen molar-refractivity contribution in [1.29, 1.82) is 0 Å². The Morgan fingerprint density at radius 3 is 2.59 bits per heavy atom. The summed E-state index contributed by atoms with van der Waals surface area (Å²) in [6.45, 7) is 7.06. The van der Waals surface area contributed by atoms with Gasteiger partial charge in [0.1, 0.15) is 5.75 Å². The highest BCUT2D eigenvalue weighted by Crippen LogP contribution is 2.22. The number of nitrogens with two attached hydrogens (primary N) is 1. The van der Waals surface area contributed by atoms with E-state index >= 15 is 0 Å². The average molecular weight is 235 g/mol. The van der Waals surface area contributed by atoms with Crippen molar-refractivity contribution in [3.05, 3.63) is 29.3 Å². The number of aryl methyl sites for hydroxylation is 1. The Balaban J connectivity index is 2.89. The van der Waals surface area contributed by atoms with Gasteiger partial charge < -0.3 is 10.5 Å². The lowest BCUT2D eigenvalue weighted by Crippen LogP contribution is -2.21. The Hall–Kier alpha value is -1.02. The van der Waals surface area contributed by atoms with Crippen molar-refractivity contribution >= 4 is 0 Å². The van der Waals surface area contributed by atoms with E-state index in [-0.39, 0.29) is 6.04 Å². The average Bonchev–Trinajstić information content (AvgIpc) is 2.33. The lowest BCUT2D eigenvalue weighted by Gasteiger charge is -2.15. The molecule has 0 aliphatic heterocycles. The fourth-order valence-corrected chi connectivity index (χ4v) is 1.96. The van der Waals surface area contributed by atoms with Gasteiger partial charge in [0.2, 0.25) is 0 Å². The van der Waals surface area contributed by atoms with Crippen LogP contribution in [-0.4, -0.2) is 12.6 Å². The highest BCUT2D eigenvalue weighted by Gasteiger charge is 2.08. The molecule has 1 aromatic carbocycles. The van der Waals surface area contributed by atoms with Crippen LogP contribution in [0.25, 0.3) is 0 Å². The van der Waals surface area contributed by atoms with Crippen molar-refractivity contribution in [3.63, 3.8) is 0 Å². The largest absolute Gasteiger partial charge is 0.494 e. The number of benzene rings is 1. The summed E-state index contributed by atoms with van der Waals surface area (Å²) >= 11 is 0. The van der Waals surface area contributed by atoms with Crippen molar-refractivity contribution in [3.8, 4) is 5.75 Å². The summed E-state index contributed by atoms with van der Waals surface area (Å²) in [6.07, 6.45) is 4.21. The molecule has 0 bridgehead atoms. The van der Waals surface area contributed by atoms with E-state index in [9.17, 15) is 0 Å². The molecule has 0 saturated carbocycles. The van der Waals surface area contributed by atoms with Crippen LogP contribution in [0.2, 0.25) is 0 Å². The molecular weight excluding hydrogens is 210 g/mol. The number of hydrogen-bond acceptors (Lipinski definition) is 2. The SMILES string of the molecule is CCCc1ccc(OCC)c(CC(N)CC)c1. The molecule has 0 aliphatic rings. The van der Waals surface area contributed by atoms with Crippen molar-refractivity contribution in [2.45, 2.75) is 52.5 Å². The molecule has 0 amide bonds. The third-order valence-corrected chi connectivity index (χ3v) is 2.97. The Morgan fingerprint density at radius 1 is 1.24 bits per heavy atom. The summed E-state index contributed by atoms with van der Waals surface area (Å²) in [5, 5.41) is 0. The van der Waals surface area contributed by atoms with Crippen molar-refractivity contribution in [2.75, 3.05) is 6.61 Å². The predicted molar refractivity (Wildman–Crippen MR) is 73.6 cm³/mol. The van der Waals surface area contributed by atoms with Gasteiger partial charge in [-0.1, -0.05) is 32.4 Å². The zero-order chi connectivity index (χ0) is 12.7. The summed E-state index contributed by atoms with van der Waals surface area (Å²) in [4.78, 5) is 0. The summed E-state index contributed by atoms with van der Waals surface area (Å²) < 4.78 is 5.66. The first-order valence-corrected chi connectivity index (χ1v) is 6.71. The molecule has 0 radical (unpaired) electrons. The smallest absolute Gasteiger partial charge is 0.122 e. The van der Waals surface area contributed by atoms with Crippen molar-refractivity contribution in [1.82, 2.24) is 0 Å². The van der Waals surface area contributed by atoms with Crippen LogP contribution in [0.5, 0.6) is 5.75 Å². The van der Waals surface area contributed by atoms with Crippen molar-refractivity contribution in [2.24, 2.45) is 5.73 Å². The molecule has 1 unspecified atom stereocenters. The van der Waals surface area contributed by atoms with Gasteiger partial charge in [-0.2, -0.15) is 0 Å². The Labute approximate surface area is 105 Å². The van der Waals surface area contributed by atoms with Gasteiger partial charge in [-0.3, -0.25) is 0 Å². The Bertz CT molecular complexity index is 336. The minimum atomic E-state index is 0.228. The Kier molecular flexibility index (Phi) is 6.06. The standard InChI is InChI=1S/C15H25NO/c1-4-7-12-8-9-15(17-6-3)13(10-12)11-14(16)5-2/h8-10,14H,4-7,11,16H2,1-3H3. The van der Waals surface area contributed by atoms with Gasteiger partial charge in [0.25, 0.3) is 0 Å². The van der Waals surface area contributed by atoms with E-state index in [1.54, 1.807) is 0 Å².